The molecule has 2 rings (SSSR count). The average molecular weight is 285 g/mol. The minimum absolute atomic E-state index is 0.804. The van der Waals surface area contributed by atoms with E-state index in [1.807, 2.05) is 30.4 Å². The molecule has 9 heteroatoms. The lowest BCUT2D eigenvalue weighted by atomic mass is 10.6. The van der Waals surface area contributed by atoms with Crippen LogP contribution in [-0.4, -0.2) is 42.9 Å². The average Bonchev–Trinajstić information content (AvgIpc) is 2.98. The van der Waals surface area contributed by atoms with Gasteiger partial charge in [-0.25, -0.2) is 0 Å². The lowest BCUT2D eigenvalue weighted by molar-refractivity contribution is 0.849. The lowest BCUT2D eigenvalue weighted by Gasteiger charge is -2.04. The number of nitrogens with zero attached hydrogens (tertiary/aromatic N) is 5. The molecule has 0 bridgehead atoms. The van der Waals surface area contributed by atoms with E-state index in [9.17, 15) is 0 Å². The molecule has 0 aliphatic rings. The largest absolute Gasteiger partial charge is 0.369 e. The van der Waals surface area contributed by atoms with E-state index in [1.54, 1.807) is 6.33 Å². The molecule has 0 unspecified atom stereocenters. The summed E-state index contributed by atoms with van der Waals surface area (Å²) in [6.45, 7) is 0.850. The van der Waals surface area contributed by atoms with Crippen molar-refractivity contribution in [1.29, 1.82) is 0 Å². The van der Waals surface area contributed by atoms with E-state index in [-0.39, 0.29) is 0 Å². The van der Waals surface area contributed by atoms with Crippen LogP contribution in [0.4, 0.5) is 11.6 Å². The van der Waals surface area contributed by atoms with Gasteiger partial charge in [0.05, 0.1) is 17.5 Å². The quantitative estimate of drug-likeness (QED) is 0.736. The fourth-order valence-electron chi connectivity index (χ4n) is 1.31. The van der Waals surface area contributed by atoms with E-state index in [0.29, 0.717) is 0 Å². The van der Waals surface area contributed by atoms with Crippen LogP contribution in [0.15, 0.2) is 6.33 Å². The third kappa shape index (κ3) is 3.33. The van der Waals surface area contributed by atoms with Gasteiger partial charge in [0.2, 0.25) is 0 Å². The minimum Gasteiger partial charge on any atom is -0.369 e. The number of hydrogen-bond acceptors (Lipinski definition) is 8. The molecule has 0 radical (unpaired) electrons. The van der Waals surface area contributed by atoms with Crippen LogP contribution in [0.2, 0.25) is 0 Å². The maximum Gasteiger partial charge on any atom is 0.184 e. The summed E-state index contributed by atoms with van der Waals surface area (Å²) in [4.78, 5) is 0. The first-order chi connectivity index (χ1) is 8.81. The Bertz CT molecular complexity index is 481. The molecule has 0 spiro atoms. The Labute approximate surface area is 114 Å². The second-order valence-corrected chi connectivity index (χ2v) is 5.18. The molecule has 0 aromatic carbocycles. The molecule has 0 atom stereocenters. The van der Waals surface area contributed by atoms with Crippen molar-refractivity contribution in [1.82, 2.24) is 23.5 Å². The Morgan fingerprint density at radius 3 is 2.94 bits per heavy atom. The SMILES string of the molecule is CNc1nsnc1NCCSCc1nncn1C. The predicted octanol–water partition coefficient (Wildman–Crippen LogP) is 1.05. The number of aromatic nitrogens is 5. The zero-order chi connectivity index (χ0) is 12.8. The van der Waals surface area contributed by atoms with Gasteiger partial charge in [-0.05, 0) is 0 Å². The van der Waals surface area contributed by atoms with Gasteiger partial charge >= 0.3 is 0 Å². The van der Waals surface area contributed by atoms with E-state index in [1.165, 1.54) is 11.7 Å². The fraction of sp³-hybridized carbons (Fsp3) is 0.556. The van der Waals surface area contributed by atoms with Gasteiger partial charge in [0, 0.05) is 26.4 Å². The van der Waals surface area contributed by atoms with Crippen molar-refractivity contribution in [2.45, 2.75) is 5.75 Å². The minimum atomic E-state index is 0.804. The molecular weight excluding hydrogens is 270 g/mol. The van der Waals surface area contributed by atoms with Crippen LogP contribution < -0.4 is 10.6 Å². The number of hydrogen-bond donors (Lipinski definition) is 2. The van der Waals surface area contributed by atoms with Crippen molar-refractivity contribution in [2.24, 2.45) is 7.05 Å². The van der Waals surface area contributed by atoms with Crippen LogP contribution in [0.25, 0.3) is 0 Å². The van der Waals surface area contributed by atoms with Gasteiger partial charge in [0.1, 0.15) is 12.2 Å². The smallest absolute Gasteiger partial charge is 0.184 e. The molecule has 2 N–H and O–H groups in total. The summed E-state index contributed by atoms with van der Waals surface area (Å²) in [5, 5.41) is 14.1. The second kappa shape index (κ2) is 6.55. The Kier molecular flexibility index (Phi) is 4.76. The second-order valence-electron chi connectivity index (χ2n) is 3.55. The maximum atomic E-state index is 4.17. The zero-order valence-corrected chi connectivity index (χ0v) is 11.9. The Hall–Kier alpha value is -1.35. The van der Waals surface area contributed by atoms with Crippen LogP contribution >= 0.6 is 23.5 Å². The third-order valence-corrected chi connectivity index (χ3v) is 3.78. The first-order valence-electron chi connectivity index (χ1n) is 5.46. The van der Waals surface area contributed by atoms with Crippen LogP contribution in [0.3, 0.4) is 0 Å². The summed E-state index contributed by atoms with van der Waals surface area (Å²) in [6, 6.07) is 0. The Morgan fingerprint density at radius 2 is 2.22 bits per heavy atom. The van der Waals surface area contributed by atoms with Crippen molar-refractivity contribution in [3.8, 4) is 0 Å². The van der Waals surface area contributed by atoms with Gasteiger partial charge in [-0.1, -0.05) is 0 Å². The van der Waals surface area contributed by atoms with Gasteiger partial charge in [-0.2, -0.15) is 20.5 Å². The molecule has 0 aliphatic carbocycles. The molecule has 0 saturated carbocycles. The van der Waals surface area contributed by atoms with Gasteiger partial charge in [0.15, 0.2) is 11.6 Å². The molecular formula is C9H15N7S2. The highest BCUT2D eigenvalue weighted by molar-refractivity contribution is 7.98. The predicted molar refractivity (Wildman–Crippen MR) is 75.1 cm³/mol. The molecule has 2 aromatic rings. The standard InChI is InChI=1S/C9H15N7S2/c1-10-8-9(15-18-14-8)11-3-4-17-5-7-13-12-6-16(7)2/h6H,3-5H2,1-2H3,(H,10,14)(H,11,15). The molecule has 0 aliphatic heterocycles. The number of rotatable bonds is 7. The lowest BCUT2D eigenvalue weighted by Crippen LogP contribution is -2.07. The molecule has 0 fully saturated rings. The van der Waals surface area contributed by atoms with Gasteiger partial charge in [-0.3, -0.25) is 0 Å². The molecule has 0 saturated heterocycles. The highest BCUT2D eigenvalue weighted by Crippen LogP contribution is 2.17. The monoisotopic (exact) mass is 285 g/mol. The van der Waals surface area contributed by atoms with Crippen LogP contribution in [-0.2, 0) is 12.8 Å². The number of aryl methyl sites for hydroxylation is 1. The van der Waals surface area contributed by atoms with Gasteiger partial charge < -0.3 is 15.2 Å². The summed E-state index contributed by atoms with van der Waals surface area (Å²) in [5.41, 5.74) is 0. The molecule has 2 heterocycles. The van der Waals surface area contributed by atoms with E-state index >= 15 is 0 Å². The molecule has 2 aromatic heterocycles. The van der Waals surface area contributed by atoms with E-state index in [2.05, 4.69) is 29.6 Å². The number of thioether (sulfide) groups is 1. The highest BCUT2D eigenvalue weighted by atomic mass is 32.2. The molecule has 18 heavy (non-hydrogen) atoms. The number of nitrogens with one attached hydrogen (secondary N) is 2. The Balaban J connectivity index is 1.66. The van der Waals surface area contributed by atoms with Crippen molar-refractivity contribution in [2.75, 3.05) is 30.0 Å². The molecule has 7 nitrogen and oxygen atoms in total. The maximum absolute atomic E-state index is 4.17. The van der Waals surface area contributed by atoms with Crippen LogP contribution in [0.1, 0.15) is 5.82 Å². The van der Waals surface area contributed by atoms with Crippen molar-refractivity contribution in [3.63, 3.8) is 0 Å². The normalized spacial score (nSPS) is 10.6. The summed E-state index contributed by atoms with van der Waals surface area (Å²) in [5.74, 6) is 4.46. The zero-order valence-electron chi connectivity index (χ0n) is 10.3. The molecule has 0 amide bonds. The first kappa shape index (κ1) is 13.1. The van der Waals surface area contributed by atoms with Crippen molar-refractivity contribution >= 4 is 35.1 Å². The summed E-state index contributed by atoms with van der Waals surface area (Å²) in [6.07, 6.45) is 1.72. The highest BCUT2D eigenvalue weighted by Gasteiger charge is 2.05. The van der Waals surface area contributed by atoms with E-state index in [4.69, 9.17) is 0 Å². The van der Waals surface area contributed by atoms with Crippen LogP contribution in [0, 0.1) is 0 Å². The van der Waals surface area contributed by atoms with Crippen LogP contribution in [0.5, 0.6) is 0 Å². The molecule has 98 valence electrons. The Morgan fingerprint density at radius 1 is 1.39 bits per heavy atom. The number of anilines is 2. The fourth-order valence-corrected chi connectivity index (χ4v) is 2.68. The first-order valence-corrected chi connectivity index (χ1v) is 7.34. The topological polar surface area (TPSA) is 80.6 Å². The van der Waals surface area contributed by atoms with Gasteiger partial charge in [0.25, 0.3) is 0 Å². The summed E-state index contributed by atoms with van der Waals surface area (Å²) in [7, 11) is 3.79. The summed E-state index contributed by atoms with van der Waals surface area (Å²) < 4.78 is 10.2. The van der Waals surface area contributed by atoms with E-state index < -0.39 is 0 Å². The van der Waals surface area contributed by atoms with Crippen molar-refractivity contribution in [3.05, 3.63) is 12.2 Å². The summed E-state index contributed by atoms with van der Waals surface area (Å²) >= 11 is 3.01. The third-order valence-electron chi connectivity index (χ3n) is 2.30. The van der Waals surface area contributed by atoms with Gasteiger partial charge in [-0.15, -0.1) is 10.2 Å². The van der Waals surface area contributed by atoms with E-state index in [0.717, 1.165) is 35.5 Å². The van der Waals surface area contributed by atoms with Crippen molar-refractivity contribution < 1.29 is 0 Å².